The Kier molecular flexibility index (Phi) is 9.04. The summed E-state index contributed by atoms with van der Waals surface area (Å²) >= 11 is 6.26. The maximum absolute atomic E-state index is 13.6. The van der Waals surface area contributed by atoms with Gasteiger partial charge in [0.2, 0.25) is 0 Å². The van der Waals surface area contributed by atoms with Gasteiger partial charge in [-0.05, 0) is 51.8 Å². The third-order valence-electron chi connectivity index (χ3n) is 5.66. The first-order chi connectivity index (χ1) is 15.2. The molecule has 7 nitrogen and oxygen atoms in total. The molecule has 8 heteroatoms. The van der Waals surface area contributed by atoms with E-state index in [9.17, 15) is 14.4 Å². The molecule has 0 unspecified atom stereocenters. The van der Waals surface area contributed by atoms with Gasteiger partial charge >= 0.3 is 5.97 Å². The van der Waals surface area contributed by atoms with Crippen molar-refractivity contribution in [3.05, 3.63) is 57.4 Å². The number of methoxy groups -OCH3 is 1. The van der Waals surface area contributed by atoms with Crippen molar-refractivity contribution in [3.63, 3.8) is 0 Å². The molecular formula is C24H31ClN2O5. The lowest BCUT2D eigenvalue weighted by molar-refractivity contribution is 0.0585. The fraction of sp³-hybridized carbons (Fsp3) is 0.458. The fourth-order valence-corrected chi connectivity index (χ4v) is 4.04. The summed E-state index contributed by atoms with van der Waals surface area (Å²) in [5.41, 5.74) is 2.25. The molecule has 0 aliphatic carbocycles. The van der Waals surface area contributed by atoms with Crippen LogP contribution >= 0.6 is 11.6 Å². The molecule has 2 aromatic rings. The quantitative estimate of drug-likeness (QED) is 0.300. The molecule has 32 heavy (non-hydrogen) atoms. The van der Waals surface area contributed by atoms with Crippen LogP contribution in [0.1, 0.15) is 62.7 Å². The molecule has 0 spiro atoms. The van der Waals surface area contributed by atoms with E-state index in [1.165, 1.54) is 12.0 Å². The molecule has 0 saturated carbocycles. The first-order valence-electron chi connectivity index (χ1n) is 10.6. The number of aromatic nitrogens is 1. The van der Waals surface area contributed by atoms with Crippen LogP contribution in [0.3, 0.4) is 0 Å². The molecule has 1 heterocycles. The predicted molar refractivity (Wildman–Crippen MR) is 124 cm³/mol. The standard InChI is InChI=1S/C24H31ClN2O5/c1-7-32-14-10-13-27(23(29)18-11-8-9-12-19(18)25)17(4)22(28)20-15(2)21(24(30)31-6)26(5)16(20)3/h8-9,11-12,17H,7,10,13-14H2,1-6H3/t17-/m1/s1. The van der Waals surface area contributed by atoms with E-state index in [1.807, 2.05) is 6.92 Å². The number of hydrogen-bond donors (Lipinski definition) is 0. The number of benzene rings is 1. The SMILES string of the molecule is CCOCCCN(C(=O)c1ccccc1Cl)[C@H](C)C(=O)c1c(C)c(C(=O)OC)n(C)c1C. The highest BCUT2D eigenvalue weighted by Gasteiger charge is 2.33. The number of halogens is 1. The van der Waals surface area contributed by atoms with Crippen LogP contribution < -0.4 is 0 Å². The van der Waals surface area contributed by atoms with Gasteiger partial charge in [-0.1, -0.05) is 23.7 Å². The van der Waals surface area contributed by atoms with Gasteiger partial charge in [-0.15, -0.1) is 0 Å². The van der Waals surface area contributed by atoms with E-state index in [0.717, 1.165) is 0 Å². The molecule has 1 aromatic carbocycles. The molecule has 0 aliphatic rings. The zero-order chi connectivity index (χ0) is 24.0. The van der Waals surface area contributed by atoms with Gasteiger partial charge < -0.3 is 18.9 Å². The molecule has 0 fully saturated rings. The van der Waals surface area contributed by atoms with Gasteiger partial charge in [0.1, 0.15) is 5.69 Å². The van der Waals surface area contributed by atoms with Crippen molar-refractivity contribution in [3.8, 4) is 0 Å². The molecule has 0 aliphatic heterocycles. The minimum atomic E-state index is -0.773. The average molecular weight is 463 g/mol. The van der Waals surface area contributed by atoms with Crippen molar-refractivity contribution in [2.24, 2.45) is 7.05 Å². The highest BCUT2D eigenvalue weighted by molar-refractivity contribution is 6.33. The molecule has 0 N–H and O–H groups in total. The minimum Gasteiger partial charge on any atom is -0.464 e. The van der Waals surface area contributed by atoms with Gasteiger partial charge in [-0.25, -0.2) is 4.79 Å². The van der Waals surface area contributed by atoms with Gasteiger partial charge in [-0.3, -0.25) is 9.59 Å². The van der Waals surface area contributed by atoms with Gasteiger partial charge in [0.15, 0.2) is 5.78 Å². The van der Waals surface area contributed by atoms with Crippen molar-refractivity contribution < 1.29 is 23.9 Å². The van der Waals surface area contributed by atoms with Crippen molar-refractivity contribution in [1.82, 2.24) is 9.47 Å². The van der Waals surface area contributed by atoms with E-state index in [0.29, 0.717) is 59.3 Å². The lowest BCUT2D eigenvalue weighted by Gasteiger charge is -2.29. The number of ketones is 1. The van der Waals surface area contributed by atoms with Crippen molar-refractivity contribution in [1.29, 1.82) is 0 Å². The molecule has 0 radical (unpaired) electrons. The maximum atomic E-state index is 13.6. The molecule has 1 amide bonds. The van der Waals surface area contributed by atoms with Crippen LogP contribution in [0.4, 0.5) is 0 Å². The zero-order valence-electron chi connectivity index (χ0n) is 19.5. The van der Waals surface area contributed by atoms with Gasteiger partial charge in [0.05, 0.1) is 23.7 Å². The number of esters is 1. The molecule has 0 saturated heterocycles. The lowest BCUT2D eigenvalue weighted by Crippen LogP contribution is -2.44. The number of ether oxygens (including phenoxy) is 2. The molecule has 1 aromatic heterocycles. The van der Waals surface area contributed by atoms with Crippen molar-refractivity contribution in [2.75, 3.05) is 26.9 Å². The predicted octanol–water partition coefficient (Wildman–Crippen LogP) is 4.22. The summed E-state index contributed by atoms with van der Waals surface area (Å²) in [5, 5.41) is 0.326. The van der Waals surface area contributed by atoms with Crippen LogP contribution in [-0.2, 0) is 16.5 Å². The topological polar surface area (TPSA) is 77.8 Å². The van der Waals surface area contributed by atoms with E-state index in [-0.39, 0.29) is 11.7 Å². The Hall–Kier alpha value is -2.64. The van der Waals surface area contributed by atoms with E-state index in [4.69, 9.17) is 21.1 Å². The maximum Gasteiger partial charge on any atom is 0.354 e. The largest absolute Gasteiger partial charge is 0.464 e. The fourth-order valence-electron chi connectivity index (χ4n) is 3.82. The second kappa shape index (κ2) is 11.3. The summed E-state index contributed by atoms with van der Waals surface area (Å²) in [6, 6.07) is 6.00. The van der Waals surface area contributed by atoms with E-state index in [1.54, 1.807) is 56.7 Å². The zero-order valence-corrected chi connectivity index (χ0v) is 20.3. The Morgan fingerprint density at radius 2 is 1.84 bits per heavy atom. The summed E-state index contributed by atoms with van der Waals surface area (Å²) in [6.45, 7) is 8.46. The average Bonchev–Trinajstić information content (AvgIpc) is 3.00. The third-order valence-corrected chi connectivity index (χ3v) is 5.99. The van der Waals surface area contributed by atoms with Crippen LogP contribution in [0.2, 0.25) is 5.02 Å². The monoisotopic (exact) mass is 462 g/mol. The molecule has 174 valence electrons. The molecule has 1 atom stereocenters. The number of carbonyl (C=O) groups is 3. The van der Waals surface area contributed by atoms with Gasteiger partial charge in [0, 0.05) is 38.1 Å². The van der Waals surface area contributed by atoms with Crippen LogP contribution in [-0.4, -0.2) is 60.0 Å². The summed E-state index contributed by atoms with van der Waals surface area (Å²) < 4.78 is 11.9. The third kappa shape index (κ3) is 5.22. The first kappa shape index (κ1) is 25.6. The minimum absolute atomic E-state index is 0.248. The first-order valence-corrected chi connectivity index (χ1v) is 11.0. The number of hydrogen-bond acceptors (Lipinski definition) is 5. The van der Waals surface area contributed by atoms with Crippen LogP contribution in [0, 0.1) is 13.8 Å². The normalized spacial score (nSPS) is 11.8. The van der Waals surface area contributed by atoms with E-state index >= 15 is 0 Å². The number of carbonyl (C=O) groups excluding carboxylic acids is 3. The Morgan fingerprint density at radius 3 is 2.44 bits per heavy atom. The summed E-state index contributed by atoms with van der Waals surface area (Å²) in [6.07, 6.45) is 0.571. The van der Waals surface area contributed by atoms with Gasteiger partial charge in [-0.2, -0.15) is 0 Å². The Labute approximate surface area is 194 Å². The summed E-state index contributed by atoms with van der Waals surface area (Å²) in [4.78, 5) is 40.7. The number of Topliss-reactive ketones (excluding diaryl/α,β-unsaturated/α-hetero) is 1. The summed E-state index contributed by atoms with van der Waals surface area (Å²) in [7, 11) is 3.02. The van der Waals surface area contributed by atoms with Crippen molar-refractivity contribution >= 4 is 29.3 Å². The van der Waals surface area contributed by atoms with E-state index < -0.39 is 12.0 Å². The van der Waals surface area contributed by atoms with Gasteiger partial charge in [0.25, 0.3) is 5.91 Å². The Balaban J connectivity index is 2.44. The van der Waals surface area contributed by atoms with E-state index in [2.05, 4.69) is 0 Å². The van der Waals surface area contributed by atoms with Crippen LogP contribution in [0.15, 0.2) is 24.3 Å². The second-order valence-corrected chi connectivity index (χ2v) is 7.96. The van der Waals surface area contributed by atoms with Crippen LogP contribution in [0.5, 0.6) is 0 Å². The number of rotatable bonds is 10. The number of amides is 1. The summed E-state index contributed by atoms with van der Waals surface area (Å²) in [5.74, 6) is -1.09. The molecule has 0 bridgehead atoms. The van der Waals surface area contributed by atoms with Crippen molar-refractivity contribution in [2.45, 2.75) is 40.2 Å². The Morgan fingerprint density at radius 1 is 1.19 bits per heavy atom. The Bertz CT molecular complexity index is 999. The second-order valence-electron chi connectivity index (χ2n) is 7.55. The lowest BCUT2D eigenvalue weighted by atomic mass is 9.99. The highest BCUT2D eigenvalue weighted by atomic mass is 35.5. The number of nitrogens with zero attached hydrogens (tertiary/aromatic N) is 2. The highest BCUT2D eigenvalue weighted by Crippen LogP contribution is 2.26. The smallest absolute Gasteiger partial charge is 0.354 e. The molecule has 2 rings (SSSR count). The van der Waals surface area contributed by atoms with Crippen LogP contribution in [0.25, 0.3) is 0 Å². The molecular weight excluding hydrogens is 432 g/mol.